The molecule has 0 saturated heterocycles. The number of nitrogens with two attached hydrogens (primary N) is 1. The molecule has 1 fully saturated rings. The predicted octanol–water partition coefficient (Wildman–Crippen LogP) is -0.0739. The van der Waals surface area contributed by atoms with Crippen LogP contribution in [0.3, 0.4) is 0 Å². The minimum Gasteiger partial charge on any atom is -0.301 e. The zero-order valence-electron chi connectivity index (χ0n) is 10.1. The average molecular weight is 251 g/mol. The Kier molecular flexibility index (Phi) is 4.69. The van der Waals surface area contributed by atoms with Crippen LogP contribution in [0.5, 0.6) is 0 Å². The third kappa shape index (κ3) is 2.92. The van der Waals surface area contributed by atoms with Gasteiger partial charge in [0.05, 0.1) is 6.10 Å². The predicted molar refractivity (Wildman–Crippen MR) is 61.7 cm³/mol. The summed E-state index contributed by atoms with van der Waals surface area (Å²) in [5.74, 6) is 5.12. The molecule has 6 nitrogen and oxygen atoms in total. The number of rotatable bonds is 4. The van der Waals surface area contributed by atoms with Crippen LogP contribution in [0.2, 0.25) is 0 Å². The molecule has 0 heterocycles. The summed E-state index contributed by atoms with van der Waals surface area (Å²) in [6, 6.07) is 0.0544. The minimum atomic E-state index is -3.31. The second kappa shape index (κ2) is 5.42. The zero-order chi connectivity index (χ0) is 12.3. The molecule has 0 aromatic carbocycles. The van der Waals surface area contributed by atoms with Gasteiger partial charge in [-0.1, -0.05) is 0 Å². The highest BCUT2D eigenvalue weighted by atomic mass is 32.2. The SMILES string of the molecule is CN(C)S(=O)(=O)N(C)C1CCC(ON)CC1. The number of hydrogen-bond acceptors (Lipinski definition) is 4. The van der Waals surface area contributed by atoms with Gasteiger partial charge in [0.1, 0.15) is 0 Å². The molecule has 7 heteroatoms. The Hall–Kier alpha value is -0.210. The first-order chi connectivity index (χ1) is 7.39. The molecule has 0 spiro atoms. The van der Waals surface area contributed by atoms with Crippen molar-refractivity contribution in [1.82, 2.24) is 8.61 Å². The van der Waals surface area contributed by atoms with E-state index in [1.807, 2.05) is 0 Å². The molecule has 0 aliphatic heterocycles. The number of hydrogen-bond donors (Lipinski definition) is 1. The summed E-state index contributed by atoms with van der Waals surface area (Å²) >= 11 is 0. The first-order valence-electron chi connectivity index (χ1n) is 5.40. The topological polar surface area (TPSA) is 75.9 Å². The highest BCUT2D eigenvalue weighted by molar-refractivity contribution is 7.86. The van der Waals surface area contributed by atoms with Crippen molar-refractivity contribution >= 4 is 10.2 Å². The Bertz CT molecular complexity index is 310. The smallest absolute Gasteiger partial charge is 0.281 e. The van der Waals surface area contributed by atoms with Gasteiger partial charge >= 0.3 is 0 Å². The van der Waals surface area contributed by atoms with Crippen LogP contribution >= 0.6 is 0 Å². The summed E-state index contributed by atoms with van der Waals surface area (Å²) in [6.07, 6.45) is 3.30. The quantitative estimate of drug-likeness (QED) is 0.709. The van der Waals surface area contributed by atoms with Gasteiger partial charge in [0, 0.05) is 27.2 Å². The van der Waals surface area contributed by atoms with Crippen molar-refractivity contribution in [2.45, 2.75) is 37.8 Å². The Morgan fingerprint density at radius 1 is 1.12 bits per heavy atom. The summed E-state index contributed by atoms with van der Waals surface area (Å²) in [4.78, 5) is 4.77. The molecule has 0 amide bonds. The summed E-state index contributed by atoms with van der Waals surface area (Å²) in [5.41, 5.74) is 0. The first kappa shape index (κ1) is 13.9. The van der Waals surface area contributed by atoms with E-state index in [0.29, 0.717) is 0 Å². The number of nitrogens with zero attached hydrogens (tertiary/aromatic N) is 2. The molecule has 0 atom stereocenters. The zero-order valence-corrected chi connectivity index (χ0v) is 10.9. The molecule has 16 heavy (non-hydrogen) atoms. The molecule has 0 aromatic heterocycles. The minimum absolute atomic E-state index is 0.0544. The molecule has 1 aliphatic rings. The Morgan fingerprint density at radius 3 is 2.00 bits per heavy atom. The van der Waals surface area contributed by atoms with Crippen LogP contribution in [0.4, 0.5) is 0 Å². The Labute approximate surface area is 97.5 Å². The van der Waals surface area contributed by atoms with Crippen LogP contribution in [-0.2, 0) is 15.0 Å². The van der Waals surface area contributed by atoms with Crippen LogP contribution in [0.15, 0.2) is 0 Å². The van der Waals surface area contributed by atoms with Gasteiger partial charge in [-0.25, -0.2) is 5.90 Å². The Balaban J connectivity index is 2.60. The van der Waals surface area contributed by atoms with E-state index in [2.05, 4.69) is 0 Å². The van der Waals surface area contributed by atoms with Gasteiger partial charge < -0.3 is 4.84 Å². The normalized spacial score (nSPS) is 27.6. The molecular weight excluding hydrogens is 230 g/mol. The van der Waals surface area contributed by atoms with Gasteiger partial charge in [0.25, 0.3) is 10.2 Å². The highest BCUT2D eigenvalue weighted by Gasteiger charge is 2.31. The third-order valence-corrected chi connectivity index (χ3v) is 5.12. The lowest BCUT2D eigenvalue weighted by molar-refractivity contribution is 0.0165. The highest BCUT2D eigenvalue weighted by Crippen LogP contribution is 2.25. The lowest BCUT2D eigenvalue weighted by Gasteiger charge is -2.34. The monoisotopic (exact) mass is 251 g/mol. The maximum absolute atomic E-state index is 11.9. The maximum Gasteiger partial charge on any atom is 0.281 e. The first-order valence-corrected chi connectivity index (χ1v) is 6.80. The van der Waals surface area contributed by atoms with Crippen LogP contribution in [0.25, 0.3) is 0 Å². The van der Waals surface area contributed by atoms with Crippen molar-refractivity contribution in [1.29, 1.82) is 0 Å². The van der Waals surface area contributed by atoms with E-state index in [0.717, 1.165) is 25.7 Å². The maximum atomic E-state index is 11.9. The molecule has 96 valence electrons. The summed E-state index contributed by atoms with van der Waals surface area (Å²) in [5, 5.41) is 0. The van der Waals surface area contributed by atoms with E-state index in [4.69, 9.17) is 10.7 Å². The van der Waals surface area contributed by atoms with E-state index in [-0.39, 0.29) is 12.1 Å². The molecule has 0 bridgehead atoms. The molecule has 0 radical (unpaired) electrons. The average Bonchev–Trinajstić information content (AvgIpc) is 2.28. The van der Waals surface area contributed by atoms with Crippen molar-refractivity contribution in [3.63, 3.8) is 0 Å². The standard InChI is InChI=1S/C9H21N3O3S/c1-11(2)16(13,14)12(3)8-4-6-9(15-10)7-5-8/h8-9H,4-7,10H2,1-3H3. The summed E-state index contributed by atoms with van der Waals surface area (Å²) < 4.78 is 26.4. The Morgan fingerprint density at radius 2 is 1.62 bits per heavy atom. The van der Waals surface area contributed by atoms with E-state index in [9.17, 15) is 8.42 Å². The van der Waals surface area contributed by atoms with Gasteiger partial charge in [-0.3, -0.25) is 0 Å². The van der Waals surface area contributed by atoms with E-state index in [1.54, 1.807) is 21.1 Å². The van der Waals surface area contributed by atoms with E-state index < -0.39 is 10.2 Å². The molecule has 0 unspecified atom stereocenters. The molecule has 0 aromatic rings. The van der Waals surface area contributed by atoms with Crippen LogP contribution in [0.1, 0.15) is 25.7 Å². The second-order valence-electron chi connectivity index (χ2n) is 4.37. The molecular formula is C9H21N3O3S. The van der Waals surface area contributed by atoms with Gasteiger partial charge in [0.2, 0.25) is 0 Å². The fourth-order valence-corrected chi connectivity index (χ4v) is 3.09. The lowest BCUT2D eigenvalue weighted by Crippen LogP contribution is -2.45. The van der Waals surface area contributed by atoms with Crippen LogP contribution < -0.4 is 5.90 Å². The fourth-order valence-electron chi connectivity index (χ4n) is 1.99. The molecule has 1 aliphatic carbocycles. The van der Waals surface area contributed by atoms with E-state index in [1.165, 1.54) is 8.61 Å². The molecule has 1 saturated carbocycles. The van der Waals surface area contributed by atoms with Crippen LogP contribution in [0, 0.1) is 0 Å². The molecule has 2 N–H and O–H groups in total. The van der Waals surface area contributed by atoms with Gasteiger partial charge in [0.15, 0.2) is 0 Å². The van der Waals surface area contributed by atoms with Gasteiger partial charge in [-0.15, -0.1) is 0 Å². The van der Waals surface area contributed by atoms with E-state index >= 15 is 0 Å². The van der Waals surface area contributed by atoms with Crippen molar-refractivity contribution in [2.75, 3.05) is 21.1 Å². The lowest BCUT2D eigenvalue weighted by atomic mass is 9.93. The van der Waals surface area contributed by atoms with Crippen molar-refractivity contribution in [2.24, 2.45) is 5.90 Å². The summed E-state index contributed by atoms with van der Waals surface area (Å²) in [7, 11) is 1.41. The third-order valence-electron chi connectivity index (χ3n) is 3.18. The van der Waals surface area contributed by atoms with Crippen LogP contribution in [-0.4, -0.2) is 50.3 Å². The van der Waals surface area contributed by atoms with Gasteiger partial charge in [-0.2, -0.15) is 17.0 Å². The van der Waals surface area contributed by atoms with Crippen molar-refractivity contribution in [3.8, 4) is 0 Å². The summed E-state index contributed by atoms with van der Waals surface area (Å²) in [6.45, 7) is 0. The van der Waals surface area contributed by atoms with Crippen molar-refractivity contribution < 1.29 is 13.3 Å². The van der Waals surface area contributed by atoms with Crippen molar-refractivity contribution in [3.05, 3.63) is 0 Å². The van der Waals surface area contributed by atoms with Gasteiger partial charge in [-0.05, 0) is 25.7 Å². The molecule has 1 rings (SSSR count). The largest absolute Gasteiger partial charge is 0.301 e. The fraction of sp³-hybridized carbons (Fsp3) is 1.00. The second-order valence-corrected chi connectivity index (χ2v) is 6.57.